The highest BCUT2D eigenvalue weighted by Crippen LogP contribution is 2.35. The molecule has 2 N–H and O–H groups in total. The van der Waals surface area contributed by atoms with Crippen molar-refractivity contribution < 1.29 is 9.18 Å². The zero-order valence-electron chi connectivity index (χ0n) is 7.91. The number of hydrogen-bond donors (Lipinski definition) is 1. The van der Waals surface area contributed by atoms with Gasteiger partial charge in [0.1, 0.15) is 22.6 Å². The van der Waals surface area contributed by atoms with E-state index in [2.05, 4.69) is 4.98 Å². The number of nitrogens with two attached hydrogens (primary N) is 1. The number of allylic oxidation sites excluding steroid dienone is 1. The smallest absolute Gasteiger partial charge is 0.149 e. The van der Waals surface area contributed by atoms with Crippen LogP contribution in [0.25, 0.3) is 16.3 Å². The third kappa shape index (κ3) is 1.79. The van der Waals surface area contributed by atoms with Crippen molar-refractivity contribution in [2.45, 2.75) is 0 Å². The molecule has 2 aromatic rings. The van der Waals surface area contributed by atoms with E-state index in [0.717, 1.165) is 6.07 Å². The molecule has 0 atom stereocenters. The number of aromatic nitrogens is 1. The van der Waals surface area contributed by atoms with Crippen LogP contribution in [0, 0.1) is 5.82 Å². The van der Waals surface area contributed by atoms with Crippen molar-refractivity contribution in [2.75, 3.05) is 5.73 Å². The van der Waals surface area contributed by atoms with Crippen LogP contribution in [0.4, 0.5) is 10.1 Å². The molecule has 0 amide bonds. The maximum atomic E-state index is 13.3. The van der Waals surface area contributed by atoms with Crippen molar-refractivity contribution in [1.29, 1.82) is 0 Å². The van der Waals surface area contributed by atoms with Crippen LogP contribution in [0.1, 0.15) is 5.01 Å². The Balaban J connectivity index is 2.69. The zero-order chi connectivity index (χ0) is 11.7. The van der Waals surface area contributed by atoms with Crippen LogP contribution in [0.3, 0.4) is 0 Å². The summed E-state index contributed by atoms with van der Waals surface area (Å²) in [7, 11) is 0. The first-order chi connectivity index (χ1) is 7.63. The summed E-state index contributed by atoms with van der Waals surface area (Å²) in [6.45, 7) is 0. The van der Waals surface area contributed by atoms with Crippen LogP contribution in [0.5, 0.6) is 0 Å². The van der Waals surface area contributed by atoms with Gasteiger partial charge in [-0.3, -0.25) is 4.79 Å². The Hall–Kier alpha value is -1.46. The molecular weight excluding hydrogens is 251 g/mol. The second kappa shape index (κ2) is 4.19. The summed E-state index contributed by atoms with van der Waals surface area (Å²) in [5, 5.41) is 0.769. The minimum Gasteiger partial charge on any atom is -0.395 e. The molecule has 0 saturated heterocycles. The van der Waals surface area contributed by atoms with Gasteiger partial charge in [0.2, 0.25) is 0 Å². The molecule has 1 heterocycles. The van der Waals surface area contributed by atoms with Crippen LogP contribution >= 0.6 is 22.9 Å². The second-order valence-electron chi connectivity index (χ2n) is 2.98. The fourth-order valence-electron chi connectivity index (χ4n) is 1.24. The van der Waals surface area contributed by atoms with E-state index in [-0.39, 0.29) is 10.7 Å². The number of carbonyl (C=O) groups is 1. The summed E-state index contributed by atoms with van der Waals surface area (Å²) in [5.41, 5.74) is 6.06. The number of thiazole rings is 1. The minimum absolute atomic E-state index is 0.0302. The molecule has 0 aliphatic rings. The molecule has 2 rings (SSSR count). The summed E-state index contributed by atoms with van der Waals surface area (Å²) < 4.78 is 13.8. The lowest BCUT2D eigenvalue weighted by molar-refractivity contribution is -0.104. The van der Waals surface area contributed by atoms with Gasteiger partial charge in [0, 0.05) is 0 Å². The number of hydrogen-bond acceptors (Lipinski definition) is 4. The number of nitrogen functional groups attached to an aromatic ring is 1. The standard InChI is InChI=1S/C10H6ClFN2OS/c11-5-4-6(12)8(13)10-9(5)14-7(16-10)2-1-3-15/h1-4H,13H2. The first-order valence-electron chi connectivity index (χ1n) is 4.29. The average molecular weight is 257 g/mol. The molecule has 0 bridgehead atoms. The number of aldehydes is 1. The molecule has 0 radical (unpaired) electrons. The first-order valence-corrected chi connectivity index (χ1v) is 5.48. The molecule has 82 valence electrons. The number of halogens is 2. The zero-order valence-corrected chi connectivity index (χ0v) is 9.48. The third-order valence-electron chi connectivity index (χ3n) is 1.94. The Morgan fingerprint density at radius 2 is 2.31 bits per heavy atom. The maximum absolute atomic E-state index is 13.3. The lowest BCUT2D eigenvalue weighted by atomic mass is 10.3. The quantitative estimate of drug-likeness (QED) is 0.511. The van der Waals surface area contributed by atoms with E-state index >= 15 is 0 Å². The molecule has 16 heavy (non-hydrogen) atoms. The third-order valence-corrected chi connectivity index (χ3v) is 3.28. The number of fused-ring (bicyclic) bond motifs is 1. The molecule has 3 nitrogen and oxygen atoms in total. The van der Waals surface area contributed by atoms with Gasteiger partial charge in [-0.15, -0.1) is 11.3 Å². The van der Waals surface area contributed by atoms with Gasteiger partial charge >= 0.3 is 0 Å². The molecule has 0 unspecified atom stereocenters. The van der Waals surface area contributed by atoms with E-state index in [1.54, 1.807) is 0 Å². The van der Waals surface area contributed by atoms with Crippen molar-refractivity contribution in [1.82, 2.24) is 4.98 Å². The summed E-state index contributed by atoms with van der Waals surface area (Å²) >= 11 is 7.02. The highest BCUT2D eigenvalue weighted by atomic mass is 35.5. The van der Waals surface area contributed by atoms with Gasteiger partial charge in [-0.1, -0.05) is 11.6 Å². The van der Waals surface area contributed by atoms with E-state index in [0.29, 0.717) is 21.5 Å². The highest BCUT2D eigenvalue weighted by Gasteiger charge is 2.12. The molecule has 6 heteroatoms. The largest absolute Gasteiger partial charge is 0.395 e. The number of nitrogens with zero attached hydrogens (tertiary/aromatic N) is 1. The van der Waals surface area contributed by atoms with Crippen LogP contribution in [0.15, 0.2) is 12.1 Å². The Morgan fingerprint density at radius 1 is 1.56 bits per heavy atom. The molecule has 0 aliphatic heterocycles. The first kappa shape index (κ1) is 11.0. The van der Waals surface area contributed by atoms with Gasteiger partial charge in [-0.25, -0.2) is 9.37 Å². The lowest BCUT2D eigenvalue weighted by Gasteiger charge is -1.98. The lowest BCUT2D eigenvalue weighted by Crippen LogP contribution is -1.90. The van der Waals surface area contributed by atoms with Crippen LogP contribution in [0.2, 0.25) is 5.02 Å². The van der Waals surface area contributed by atoms with Crippen LogP contribution < -0.4 is 5.73 Å². The molecule has 1 aromatic carbocycles. The van der Waals surface area contributed by atoms with Crippen molar-refractivity contribution >= 4 is 51.2 Å². The molecule has 1 aromatic heterocycles. The van der Waals surface area contributed by atoms with E-state index in [1.807, 2.05) is 0 Å². The predicted octanol–water partition coefficient (Wildman–Crippen LogP) is 2.88. The van der Waals surface area contributed by atoms with Gasteiger partial charge in [0.15, 0.2) is 0 Å². The van der Waals surface area contributed by atoms with Gasteiger partial charge in [0.25, 0.3) is 0 Å². The summed E-state index contributed by atoms with van der Waals surface area (Å²) in [4.78, 5) is 14.3. The van der Waals surface area contributed by atoms with Gasteiger partial charge in [-0.2, -0.15) is 0 Å². The molecular formula is C10H6ClFN2OS. The summed E-state index contributed by atoms with van der Waals surface area (Å²) in [6, 6.07) is 1.13. The van der Waals surface area contributed by atoms with E-state index in [1.165, 1.54) is 23.5 Å². The monoisotopic (exact) mass is 256 g/mol. The average Bonchev–Trinajstić information content (AvgIpc) is 2.68. The summed E-state index contributed by atoms with van der Waals surface area (Å²) in [5.74, 6) is -0.563. The fraction of sp³-hybridized carbons (Fsp3) is 0. The topological polar surface area (TPSA) is 56.0 Å². The van der Waals surface area contributed by atoms with Crippen molar-refractivity contribution in [3.05, 3.63) is 28.0 Å². The Morgan fingerprint density at radius 3 is 3.00 bits per heavy atom. The highest BCUT2D eigenvalue weighted by molar-refractivity contribution is 7.20. The number of anilines is 1. The normalized spacial score (nSPS) is 11.4. The Kier molecular flexibility index (Phi) is 2.89. The van der Waals surface area contributed by atoms with Crippen molar-refractivity contribution in [2.24, 2.45) is 0 Å². The SMILES string of the molecule is Nc1c(F)cc(Cl)c2nc(C=CC=O)sc12. The molecule has 0 saturated carbocycles. The van der Waals surface area contributed by atoms with Gasteiger partial charge in [0.05, 0.1) is 15.4 Å². The van der Waals surface area contributed by atoms with E-state index < -0.39 is 5.82 Å². The van der Waals surface area contributed by atoms with Crippen molar-refractivity contribution in [3.63, 3.8) is 0 Å². The van der Waals surface area contributed by atoms with Crippen LogP contribution in [-0.4, -0.2) is 11.3 Å². The maximum Gasteiger partial charge on any atom is 0.149 e. The Labute approximate surface area is 99.3 Å². The predicted molar refractivity (Wildman–Crippen MR) is 64.1 cm³/mol. The van der Waals surface area contributed by atoms with Crippen LogP contribution in [-0.2, 0) is 4.79 Å². The van der Waals surface area contributed by atoms with E-state index in [9.17, 15) is 9.18 Å². The molecule has 0 spiro atoms. The fourth-order valence-corrected chi connectivity index (χ4v) is 2.48. The molecule has 0 aliphatic carbocycles. The molecule has 0 fully saturated rings. The Bertz CT molecular complexity index is 594. The number of benzene rings is 1. The summed E-state index contributed by atoms with van der Waals surface area (Å²) in [6.07, 6.45) is 3.46. The van der Waals surface area contributed by atoms with Crippen molar-refractivity contribution in [3.8, 4) is 0 Å². The van der Waals surface area contributed by atoms with Gasteiger partial charge in [-0.05, 0) is 18.2 Å². The van der Waals surface area contributed by atoms with Gasteiger partial charge < -0.3 is 5.73 Å². The number of rotatable bonds is 2. The minimum atomic E-state index is -0.563. The second-order valence-corrected chi connectivity index (χ2v) is 4.42. The number of carbonyl (C=O) groups excluding carboxylic acids is 1. The van der Waals surface area contributed by atoms with E-state index in [4.69, 9.17) is 17.3 Å².